The molecule has 2 unspecified atom stereocenters. The summed E-state index contributed by atoms with van der Waals surface area (Å²) in [5.41, 5.74) is 5.89. The molecule has 0 bridgehead atoms. The van der Waals surface area contributed by atoms with E-state index in [-0.39, 0.29) is 46.3 Å². The van der Waals surface area contributed by atoms with Crippen LogP contribution in [0.3, 0.4) is 0 Å². The van der Waals surface area contributed by atoms with Crippen molar-refractivity contribution in [1.29, 1.82) is 0 Å². The van der Waals surface area contributed by atoms with Crippen molar-refractivity contribution in [3.63, 3.8) is 0 Å². The standard InChI is InChI=1S/C55H67Cl4N3O12S2/c1-61-36-48(46-32-42(56)34-52(58)50(46)38-61)40-8-3-10-44(30-40)75(63,64)28-6-14-67-16-18-69-20-22-71-24-26-73-54-12-5-13-55(60-54)74-27-25-72-23-21-70-19-17-68-15-7-29-76(65,66)45-11-4-9-41(31-45)49-37-62(2)39-51-47(49)33-43(57)35-53(51)59/h3-5,8-13,30-35,48-49H,6-7,14-29,36-39H2,1-2H3. The van der Waals surface area contributed by atoms with E-state index in [1.54, 1.807) is 66.7 Å². The fourth-order valence-corrected chi connectivity index (χ4v) is 12.9. The summed E-state index contributed by atoms with van der Waals surface area (Å²) >= 11 is 25.8. The van der Waals surface area contributed by atoms with E-state index in [9.17, 15) is 16.8 Å². The Labute approximate surface area is 467 Å². The van der Waals surface area contributed by atoms with E-state index in [0.29, 0.717) is 137 Å². The number of nitrogens with zero attached hydrogens (tertiary/aromatic N) is 3. The summed E-state index contributed by atoms with van der Waals surface area (Å²) in [5, 5.41) is 2.36. The van der Waals surface area contributed by atoms with Crippen LogP contribution in [0, 0.1) is 0 Å². The third-order valence-corrected chi connectivity index (χ3v) is 17.5. The zero-order valence-corrected chi connectivity index (χ0v) is 47.6. The minimum Gasteiger partial charge on any atom is -0.475 e. The third-order valence-electron chi connectivity index (χ3n) is 12.8. The molecule has 1 aromatic heterocycles. The third kappa shape index (κ3) is 18.2. The summed E-state index contributed by atoms with van der Waals surface area (Å²) in [6.07, 6.45) is 0.712. The normalized spacial score (nSPS) is 16.1. The van der Waals surface area contributed by atoms with Gasteiger partial charge in [0.05, 0.1) is 87.4 Å². The summed E-state index contributed by atoms with van der Waals surface area (Å²) in [5.74, 6) is 0.637. The van der Waals surface area contributed by atoms with Crippen molar-refractivity contribution in [3.05, 3.63) is 144 Å². The molecule has 4 aromatic carbocycles. The number of ether oxygens (including phenoxy) is 8. The van der Waals surface area contributed by atoms with Gasteiger partial charge in [-0.15, -0.1) is 0 Å². The number of halogens is 4. The second kappa shape index (κ2) is 30.1. The van der Waals surface area contributed by atoms with Crippen molar-refractivity contribution in [2.24, 2.45) is 0 Å². The lowest BCUT2D eigenvalue weighted by Crippen LogP contribution is -2.31. The molecule has 0 amide bonds. The van der Waals surface area contributed by atoms with Gasteiger partial charge in [0.1, 0.15) is 13.2 Å². The molecule has 7 rings (SSSR count). The van der Waals surface area contributed by atoms with E-state index in [1.165, 1.54) is 0 Å². The van der Waals surface area contributed by atoms with E-state index in [4.69, 9.17) is 84.3 Å². The molecule has 21 heteroatoms. The number of likely N-dealkylation sites (N-methyl/N-ethyl adjacent to an activating group) is 2. The van der Waals surface area contributed by atoms with Crippen LogP contribution in [-0.4, -0.2) is 163 Å². The van der Waals surface area contributed by atoms with Gasteiger partial charge in [0.2, 0.25) is 11.8 Å². The molecule has 0 saturated heterocycles. The molecule has 2 aliphatic heterocycles. The number of benzene rings is 4. The molecule has 5 aromatic rings. The summed E-state index contributed by atoms with van der Waals surface area (Å²) < 4.78 is 98.2. The second-order valence-corrected chi connectivity index (χ2v) is 24.5. The van der Waals surface area contributed by atoms with E-state index < -0.39 is 19.7 Å². The number of pyridine rings is 1. The van der Waals surface area contributed by atoms with Crippen LogP contribution in [0.5, 0.6) is 11.8 Å². The van der Waals surface area contributed by atoms with Crippen LogP contribution in [0.2, 0.25) is 20.1 Å². The van der Waals surface area contributed by atoms with E-state index >= 15 is 0 Å². The Bertz CT molecular complexity index is 2700. The maximum Gasteiger partial charge on any atom is 0.216 e. The Kier molecular flexibility index (Phi) is 23.8. The van der Waals surface area contributed by atoms with E-state index in [0.717, 1.165) is 46.5 Å². The van der Waals surface area contributed by atoms with Crippen molar-refractivity contribution in [3.8, 4) is 11.8 Å². The van der Waals surface area contributed by atoms with Crippen LogP contribution < -0.4 is 9.47 Å². The van der Waals surface area contributed by atoms with Gasteiger partial charge in [0, 0.05) is 83.5 Å². The molecule has 0 spiro atoms. The van der Waals surface area contributed by atoms with Gasteiger partial charge in [0.15, 0.2) is 19.7 Å². The first-order chi connectivity index (χ1) is 36.7. The summed E-state index contributed by atoms with van der Waals surface area (Å²) in [6.45, 7) is 7.54. The highest BCUT2D eigenvalue weighted by molar-refractivity contribution is 7.91. The van der Waals surface area contributed by atoms with Crippen LogP contribution in [-0.2, 0) is 61.2 Å². The van der Waals surface area contributed by atoms with Gasteiger partial charge in [0.25, 0.3) is 0 Å². The van der Waals surface area contributed by atoms with Crippen molar-refractivity contribution >= 4 is 66.1 Å². The highest BCUT2D eigenvalue weighted by Gasteiger charge is 2.30. The van der Waals surface area contributed by atoms with Crippen LogP contribution >= 0.6 is 46.4 Å². The number of rotatable bonds is 32. The van der Waals surface area contributed by atoms with E-state index in [2.05, 4.69) is 14.8 Å². The van der Waals surface area contributed by atoms with Gasteiger partial charge in [-0.25, -0.2) is 16.8 Å². The monoisotopic (exact) mass is 1170 g/mol. The minimum absolute atomic E-state index is 0.0313. The maximum absolute atomic E-state index is 13.3. The Balaban J connectivity index is 0.653. The van der Waals surface area contributed by atoms with Gasteiger partial charge >= 0.3 is 0 Å². The first-order valence-corrected chi connectivity index (χ1v) is 30.2. The quantitative estimate of drug-likeness (QED) is 0.0374. The molecule has 0 radical (unpaired) electrons. The Morgan fingerprint density at radius 1 is 0.474 bits per heavy atom. The Hall–Kier alpha value is -3.63. The highest BCUT2D eigenvalue weighted by atomic mass is 35.5. The average Bonchev–Trinajstić information content (AvgIpc) is 3.41. The molecule has 76 heavy (non-hydrogen) atoms. The van der Waals surface area contributed by atoms with Crippen LogP contribution in [0.4, 0.5) is 0 Å². The highest BCUT2D eigenvalue weighted by Crippen LogP contribution is 2.40. The van der Waals surface area contributed by atoms with Gasteiger partial charge < -0.3 is 47.7 Å². The Morgan fingerprint density at radius 2 is 0.829 bits per heavy atom. The topological polar surface area (TPSA) is 161 Å². The van der Waals surface area contributed by atoms with Gasteiger partial charge in [-0.3, -0.25) is 0 Å². The van der Waals surface area contributed by atoms with Crippen molar-refractivity contribution in [1.82, 2.24) is 14.8 Å². The van der Waals surface area contributed by atoms with Crippen LogP contribution in [0.1, 0.15) is 58.1 Å². The molecule has 0 N–H and O–H groups in total. The summed E-state index contributed by atoms with van der Waals surface area (Å²) in [6, 6.07) is 26.9. The number of hydrogen-bond donors (Lipinski definition) is 0. The minimum atomic E-state index is -3.52. The van der Waals surface area contributed by atoms with Crippen molar-refractivity contribution < 1.29 is 54.7 Å². The van der Waals surface area contributed by atoms with Gasteiger partial charge in [-0.05, 0) is 109 Å². The zero-order chi connectivity index (χ0) is 53.9. The lowest BCUT2D eigenvalue weighted by Gasteiger charge is -2.33. The molecule has 2 aliphatic rings. The first kappa shape index (κ1) is 60.0. The fraction of sp³-hybridized carbons (Fsp3) is 0.473. The predicted molar refractivity (Wildman–Crippen MR) is 296 cm³/mol. The zero-order valence-electron chi connectivity index (χ0n) is 42.9. The maximum atomic E-state index is 13.3. The average molecular weight is 1170 g/mol. The number of hydrogen-bond acceptors (Lipinski definition) is 15. The lowest BCUT2D eigenvalue weighted by atomic mass is 9.85. The van der Waals surface area contributed by atoms with Crippen LogP contribution in [0.15, 0.2) is 101 Å². The Morgan fingerprint density at radius 3 is 1.22 bits per heavy atom. The van der Waals surface area contributed by atoms with Gasteiger partial charge in [-0.2, -0.15) is 4.98 Å². The first-order valence-electron chi connectivity index (χ1n) is 25.3. The van der Waals surface area contributed by atoms with Crippen molar-refractivity contribution in [2.45, 2.75) is 47.6 Å². The molecule has 3 heterocycles. The van der Waals surface area contributed by atoms with E-state index in [1.807, 2.05) is 38.4 Å². The lowest BCUT2D eigenvalue weighted by molar-refractivity contribution is 0.00862. The fourth-order valence-electron chi connectivity index (χ4n) is 9.10. The number of fused-ring (bicyclic) bond motifs is 2. The number of aromatic nitrogens is 1. The van der Waals surface area contributed by atoms with Crippen molar-refractivity contribution in [2.75, 3.05) is 131 Å². The summed E-state index contributed by atoms with van der Waals surface area (Å²) in [7, 11) is -3.00. The number of sulfone groups is 2. The molecule has 0 aliphatic carbocycles. The predicted octanol–water partition coefficient (Wildman–Crippen LogP) is 9.44. The van der Waals surface area contributed by atoms with Gasteiger partial charge in [-0.1, -0.05) is 76.7 Å². The molecule has 15 nitrogen and oxygen atoms in total. The molecular formula is C55H67Cl4N3O12S2. The molecule has 0 fully saturated rings. The SMILES string of the molecule is CN1Cc2c(Cl)cc(Cl)cc2C(c2cccc(S(=O)(=O)CCCOCCOCCOCCOc3cccc(OCCOCCOCCOCCCS(=O)(=O)c4cccc(C5CN(C)Cc6c(Cl)cc(Cl)cc65)c4)n3)c2)C1. The molecule has 2 atom stereocenters. The molecule has 414 valence electrons. The summed E-state index contributed by atoms with van der Waals surface area (Å²) in [4.78, 5) is 9.28. The molecule has 0 saturated carbocycles. The second-order valence-electron chi connectivity index (χ2n) is 18.6. The molecular weight excluding hydrogens is 1100 g/mol. The largest absolute Gasteiger partial charge is 0.475 e. The smallest absolute Gasteiger partial charge is 0.216 e. The van der Waals surface area contributed by atoms with Crippen LogP contribution in [0.25, 0.3) is 0 Å².